The van der Waals surface area contributed by atoms with Crippen LogP contribution in [0, 0.1) is 0 Å². The molecule has 1 aliphatic rings. The van der Waals surface area contributed by atoms with Gasteiger partial charge in [-0.25, -0.2) is 0 Å². The van der Waals surface area contributed by atoms with E-state index in [-0.39, 0.29) is 0 Å². The summed E-state index contributed by atoms with van der Waals surface area (Å²) >= 11 is 6.07. The molecule has 0 amide bonds. The average Bonchev–Trinajstić information content (AvgIpc) is 2.79. The van der Waals surface area contributed by atoms with Crippen molar-refractivity contribution in [2.24, 2.45) is 4.99 Å². The normalized spacial score (nSPS) is 17.4. The Morgan fingerprint density at radius 1 is 1.28 bits per heavy atom. The Morgan fingerprint density at radius 2 is 2.12 bits per heavy atom. The maximum Gasteiger partial charge on any atom is 0.193 e. The zero-order chi connectivity index (χ0) is 18.1. The summed E-state index contributed by atoms with van der Waals surface area (Å²) < 4.78 is 0. The van der Waals surface area contributed by atoms with Crippen molar-refractivity contribution >= 4 is 17.6 Å². The lowest BCUT2D eigenvalue weighted by molar-refractivity contribution is 0.273. The predicted octanol–water partition coefficient (Wildman–Crippen LogP) is 2.37. The maximum absolute atomic E-state index is 6.07. The zero-order valence-corrected chi connectivity index (χ0v) is 16.6. The summed E-state index contributed by atoms with van der Waals surface area (Å²) in [6.07, 6.45) is 2.40. The fraction of sp³-hybridized carbons (Fsp3) is 0.632. The lowest BCUT2D eigenvalue weighted by Gasteiger charge is -2.23. The minimum absolute atomic E-state index is 0.775. The topological polar surface area (TPSA) is 34.1 Å². The Bertz CT molecular complexity index is 548. The van der Waals surface area contributed by atoms with Crippen LogP contribution in [0.1, 0.15) is 18.4 Å². The molecule has 0 aliphatic carbocycles. The monoisotopic (exact) mass is 365 g/mol. The van der Waals surface area contributed by atoms with Crippen molar-refractivity contribution in [3.05, 3.63) is 34.9 Å². The zero-order valence-electron chi connectivity index (χ0n) is 15.8. The van der Waals surface area contributed by atoms with Gasteiger partial charge in [-0.2, -0.15) is 0 Å². The van der Waals surface area contributed by atoms with Crippen LogP contribution in [0.15, 0.2) is 29.3 Å². The van der Waals surface area contributed by atoms with Crippen LogP contribution < -0.4 is 5.32 Å². The first kappa shape index (κ1) is 20.0. The van der Waals surface area contributed by atoms with E-state index in [4.69, 9.17) is 11.6 Å². The first-order valence-corrected chi connectivity index (χ1v) is 9.53. The molecule has 0 saturated carbocycles. The number of hydrogen-bond acceptors (Lipinski definition) is 3. The molecule has 2 rings (SSSR count). The van der Waals surface area contributed by atoms with Gasteiger partial charge < -0.3 is 20.0 Å². The summed E-state index contributed by atoms with van der Waals surface area (Å²) in [6.45, 7) is 7.67. The SMILES string of the molecule is CN=C(NCCCN1CCCN(C)CC1)N(C)Cc1cccc(Cl)c1. The number of benzene rings is 1. The van der Waals surface area contributed by atoms with E-state index >= 15 is 0 Å². The van der Waals surface area contributed by atoms with E-state index in [1.807, 2.05) is 25.2 Å². The molecule has 0 spiro atoms. The second kappa shape index (κ2) is 10.6. The summed E-state index contributed by atoms with van der Waals surface area (Å²) in [5.74, 6) is 0.926. The molecular formula is C19H32ClN5. The molecule has 0 atom stereocenters. The number of nitrogens with one attached hydrogen (secondary N) is 1. The van der Waals surface area contributed by atoms with E-state index in [0.29, 0.717) is 0 Å². The lowest BCUT2D eigenvalue weighted by atomic mass is 10.2. The fourth-order valence-corrected chi connectivity index (χ4v) is 3.41. The van der Waals surface area contributed by atoms with Crippen molar-refractivity contribution in [2.45, 2.75) is 19.4 Å². The Balaban J connectivity index is 1.70. The molecule has 0 unspecified atom stereocenters. The van der Waals surface area contributed by atoms with Gasteiger partial charge in [-0.1, -0.05) is 23.7 Å². The van der Waals surface area contributed by atoms with Crippen LogP contribution in [0.5, 0.6) is 0 Å². The molecule has 1 saturated heterocycles. The third-order valence-electron chi connectivity index (χ3n) is 4.63. The van der Waals surface area contributed by atoms with E-state index in [0.717, 1.165) is 37.0 Å². The standard InChI is InChI=1S/C19H32ClN5/c1-21-19(24(3)16-17-7-4-8-18(20)15-17)22-9-5-11-25-12-6-10-23(2)13-14-25/h4,7-8,15H,5-6,9-14,16H2,1-3H3,(H,21,22). The third-order valence-corrected chi connectivity index (χ3v) is 4.86. The van der Waals surface area contributed by atoms with Gasteiger partial charge in [0.1, 0.15) is 0 Å². The largest absolute Gasteiger partial charge is 0.356 e. The van der Waals surface area contributed by atoms with E-state index < -0.39 is 0 Å². The maximum atomic E-state index is 6.07. The Kier molecular flexibility index (Phi) is 8.52. The van der Waals surface area contributed by atoms with Gasteiger partial charge in [-0.15, -0.1) is 0 Å². The average molecular weight is 366 g/mol. The minimum atomic E-state index is 0.775. The highest BCUT2D eigenvalue weighted by Gasteiger charge is 2.12. The molecule has 140 valence electrons. The number of rotatable bonds is 6. The van der Waals surface area contributed by atoms with Crippen LogP contribution in [-0.2, 0) is 6.54 Å². The summed E-state index contributed by atoms with van der Waals surface area (Å²) in [7, 11) is 6.10. The van der Waals surface area contributed by atoms with Gasteiger partial charge in [-0.3, -0.25) is 4.99 Å². The first-order chi connectivity index (χ1) is 12.1. The molecule has 1 fully saturated rings. The number of halogens is 1. The molecule has 25 heavy (non-hydrogen) atoms. The highest BCUT2D eigenvalue weighted by atomic mass is 35.5. The molecule has 0 aromatic heterocycles. The van der Waals surface area contributed by atoms with Gasteiger partial charge in [0.15, 0.2) is 5.96 Å². The quantitative estimate of drug-likeness (QED) is 0.477. The Labute approximate surface area is 157 Å². The molecule has 5 nitrogen and oxygen atoms in total. The summed E-state index contributed by atoms with van der Waals surface area (Å²) in [5.41, 5.74) is 1.19. The van der Waals surface area contributed by atoms with Gasteiger partial charge >= 0.3 is 0 Å². The molecule has 1 aromatic carbocycles. The summed E-state index contributed by atoms with van der Waals surface area (Å²) in [6, 6.07) is 7.98. The Hall–Kier alpha value is -1.30. The Morgan fingerprint density at radius 3 is 2.88 bits per heavy atom. The van der Waals surface area contributed by atoms with Crippen LogP contribution in [0.2, 0.25) is 5.02 Å². The van der Waals surface area contributed by atoms with Crippen molar-refractivity contribution in [1.82, 2.24) is 20.0 Å². The van der Waals surface area contributed by atoms with Crippen molar-refractivity contribution in [3.63, 3.8) is 0 Å². The van der Waals surface area contributed by atoms with Crippen LogP contribution in [-0.4, -0.2) is 81.1 Å². The van der Waals surface area contributed by atoms with Crippen molar-refractivity contribution in [2.75, 3.05) is 60.4 Å². The van der Waals surface area contributed by atoms with Gasteiger partial charge in [0.25, 0.3) is 0 Å². The van der Waals surface area contributed by atoms with Crippen molar-refractivity contribution in [3.8, 4) is 0 Å². The van der Waals surface area contributed by atoms with E-state index in [1.54, 1.807) is 0 Å². The van der Waals surface area contributed by atoms with Crippen LogP contribution in [0.3, 0.4) is 0 Å². The molecule has 0 bridgehead atoms. The smallest absolute Gasteiger partial charge is 0.193 e. The van der Waals surface area contributed by atoms with Crippen molar-refractivity contribution in [1.29, 1.82) is 0 Å². The van der Waals surface area contributed by atoms with Gasteiger partial charge in [0.2, 0.25) is 0 Å². The van der Waals surface area contributed by atoms with Crippen LogP contribution in [0.25, 0.3) is 0 Å². The highest BCUT2D eigenvalue weighted by Crippen LogP contribution is 2.12. The van der Waals surface area contributed by atoms with Gasteiger partial charge in [0.05, 0.1) is 0 Å². The second-order valence-corrected chi connectivity index (χ2v) is 7.25. The molecular weight excluding hydrogens is 334 g/mol. The number of aliphatic imine (C=N–C) groups is 1. The minimum Gasteiger partial charge on any atom is -0.356 e. The van der Waals surface area contributed by atoms with Gasteiger partial charge in [-0.05, 0) is 57.2 Å². The number of guanidine groups is 1. The molecule has 6 heteroatoms. The molecule has 0 radical (unpaired) electrons. The summed E-state index contributed by atoms with van der Waals surface area (Å²) in [4.78, 5) is 11.5. The number of likely N-dealkylation sites (N-methyl/N-ethyl adjacent to an activating group) is 1. The van der Waals surface area contributed by atoms with Crippen molar-refractivity contribution < 1.29 is 0 Å². The molecule has 1 aliphatic heterocycles. The van der Waals surface area contributed by atoms with Gasteiger partial charge in [0, 0.05) is 45.3 Å². The lowest BCUT2D eigenvalue weighted by Crippen LogP contribution is -2.40. The number of nitrogens with zero attached hydrogens (tertiary/aromatic N) is 4. The fourth-order valence-electron chi connectivity index (χ4n) is 3.20. The number of hydrogen-bond donors (Lipinski definition) is 1. The van der Waals surface area contributed by atoms with E-state index in [1.165, 1.54) is 38.2 Å². The van der Waals surface area contributed by atoms with E-state index in [2.05, 4.69) is 45.2 Å². The molecule has 1 heterocycles. The molecule has 1 N–H and O–H groups in total. The predicted molar refractivity (Wildman–Crippen MR) is 107 cm³/mol. The first-order valence-electron chi connectivity index (χ1n) is 9.15. The van der Waals surface area contributed by atoms with E-state index in [9.17, 15) is 0 Å². The molecule has 1 aromatic rings. The third kappa shape index (κ3) is 7.22. The summed E-state index contributed by atoms with van der Waals surface area (Å²) in [5, 5.41) is 4.25. The van der Waals surface area contributed by atoms with Crippen LogP contribution in [0.4, 0.5) is 0 Å². The van der Waals surface area contributed by atoms with Crippen LogP contribution >= 0.6 is 11.6 Å². The highest BCUT2D eigenvalue weighted by molar-refractivity contribution is 6.30. The second-order valence-electron chi connectivity index (χ2n) is 6.81.